The van der Waals surface area contributed by atoms with E-state index in [4.69, 9.17) is 0 Å². The van der Waals surface area contributed by atoms with Crippen LogP contribution in [-0.4, -0.2) is 20.7 Å². The van der Waals surface area contributed by atoms with Crippen LogP contribution in [0.3, 0.4) is 0 Å². The Balaban J connectivity index is 3.04. The van der Waals surface area contributed by atoms with Crippen molar-refractivity contribution < 1.29 is 15.0 Å². The summed E-state index contributed by atoms with van der Waals surface area (Å²) in [5.74, 6) is -0.822. The van der Waals surface area contributed by atoms with Gasteiger partial charge < -0.3 is 14.8 Å². The van der Waals surface area contributed by atoms with Gasteiger partial charge in [-0.15, -0.1) is 0 Å². The topological polar surface area (TPSA) is 62.5 Å². The van der Waals surface area contributed by atoms with E-state index >= 15 is 0 Å². The largest absolute Gasteiger partial charge is 0.507 e. The Bertz CT molecular complexity index is 611. The summed E-state index contributed by atoms with van der Waals surface area (Å²) in [4.78, 5) is 11.3. The monoisotopic (exact) mass is 233 g/mol. The van der Waals surface area contributed by atoms with E-state index in [1.54, 1.807) is 23.6 Å². The van der Waals surface area contributed by atoms with Gasteiger partial charge in [-0.2, -0.15) is 0 Å². The van der Waals surface area contributed by atoms with E-state index in [1.165, 1.54) is 0 Å². The fourth-order valence-electron chi connectivity index (χ4n) is 2.43. The number of rotatable bonds is 2. The minimum atomic E-state index is -0.959. The van der Waals surface area contributed by atoms with Crippen LogP contribution in [0.15, 0.2) is 12.1 Å². The third kappa shape index (κ3) is 1.48. The van der Waals surface area contributed by atoms with E-state index in [0.717, 1.165) is 11.1 Å². The van der Waals surface area contributed by atoms with Gasteiger partial charge in [-0.3, -0.25) is 0 Å². The van der Waals surface area contributed by atoms with E-state index in [9.17, 15) is 15.0 Å². The molecule has 0 unspecified atom stereocenters. The predicted octanol–water partition coefficient (Wildman–Crippen LogP) is 2.68. The molecule has 4 heteroatoms. The molecule has 2 rings (SSSR count). The number of carbonyl (C=O) groups is 1. The molecule has 1 aromatic carbocycles. The first-order valence-corrected chi connectivity index (χ1v) is 5.53. The molecule has 0 aliphatic carbocycles. The van der Waals surface area contributed by atoms with Gasteiger partial charge in [0.2, 0.25) is 0 Å². The van der Waals surface area contributed by atoms with Gasteiger partial charge in [0.15, 0.2) is 0 Å². The molecule has 17 heavy (non-hydrogen) atoms. The van der Waals surface area contributed by atoms with Gasteiger partial charge in [0.25, 0.3) is 0 Å². The van der Waals surface area contributed by atoms with Crippen LogP contribution in [-0.2, 0) is 6.54 Å². The van der Waals surface area contributed by atoms with Crippen LogP contribution in [0.25, 0.3) is 10.9 Å². The van der Waals surface area contributed by atoms with Crippen LogP contribution >= 0.6 is 0 Å². The first-order valence-electron chi connectivity index (χ1n) is 5.53. The summed E-state index contributed by atoms with van der Waals surface area (Å²) in [5.41, 5.74) is 2.65. The molecule has 1 aromatic heterocycles. The second-order valence-corrected chi connectivity index (χ2v) is 4.15. The van der Waals surface area contributed by atoms with Crippen LogP contribution in [0, 0.1) is 13.8 Å². The molecule has 0 saturated carbocycles. The maximum Gasteiger partial charge on any atom is 0.352 e. The fourth-order valence-corrected chi connectivity index (χ4v) is 2.43. The summed E-state index contributed by atoms with van der Waals surface area (Å²) in [6.45, 7) is 6.11. The van der Waals surface area contributed by atoms with Crippen molar-refractivity contribution in [1.82, 2.24) is 4.57 Å². The number of benzene rings is 1. The molecule has 0 aliphatic heterocycles. The van der Waals surface area contributed by atoms with Crippen molar-refractivity contribution in [3.8, 4) is 5.75 Å². The number of phenolic OH excluding ortho intramolecular Hbond substituents is 1. The third-order valence-corrected chi connectivity index (χ3v) is 3.15. The average Bonchev–Trinajstić information content (AvgIpc) is 2.58. The number of nitrogens with zero attached hydrogens (tertiary/aromatic N) is 1. The molecule has 2 aromatic rings. The number of phenols is 1. The SMILES string of the molecule is CCn1c(C(=O)O)c(C)c2c(O)ccc(C)c21. The van der Waals surface area contributed by atoms with Crippen LogP contribution in [0.1, 0.15) is 28.5 Å². The van der Waals surface area contributed by atoms with Gasteiger partial charge in [0, 0.05) is 11.9 Å². The minimum Gasteiger partial charge on any atom is -0.507 e. The van der Waals surface area contributed by atoms with E-state index in [0.29, 0.717) is 17.5 Å². The predicted molar refractivity (Wildman–Crippen MR) is 65.7 cm³/mol. The summed E-state index contributed by atoms with van der Waals surface area (Å²) in [6.07, 6.45) is 0. The molecule has 0 fully saturated rings. The Labute approximate surface area is 99.1 Å². The number of aromatic nitrogens is 1. The Morgan fingerprint density at radius 1 is 1.35 bits per heavy atom. The van der Waals surface area contributed by atoms with Crippen molar-refractivity contribution in [2.75, 3.05) is 0 Å². The lowest BCUT2D eigenvalue weighted by Crippen LogP contribution is -2.08. The minimum absolute atomic E-state index is 0.137. The highest BCUT2D eigenvalue weighted by atomic mass is 16.4. The Morgan fingerprint density at radius 3 is 2.53 bits per heavy atom. The molecule has 90 valence electrons. The summed E-state index contributed by atoms with van der Waals surface area (Å²) < 4.78 is 1.74. The second-order valence-electron chi connectivity index (χ2n) is 4.15. The molecular formula is C13H15NO3. The summed E-state index contributed by atoms with van der Waals surface area (Å²) in [5, 5.41) is 19.8. The lowest BCUT2D eigenvalue weighted by molar-refractivity contribution is 0.0685. The van der Waals surface area contributed by atoms with E-state index in [-0.39, 0.29) is 11.4 Å². The van der Waals surface area contributed by atoms with Gasteiger partial charge in [-0.05, 0) is 38.0 Å². The van der Waals surface area contributed by atoms with Gasteiger partial charge in [0.05, 0.1) is 5.52 Å². The highest BCUT2D eigenvalue weighted by molar-refractivity contribution is 6.01. The van der Waals surface area contributed by atoms with Crippen molar-refractivity contribution in [1.29, 1.82) is 0 Å². The molecule has 1 heterocycles. The van der Waals surface area contributed by atoms with Crippen molar-refractivity contribution in [2.24, 2.45) is 0 Å². The molecule has 0 saturated heterocycles. The van der Waals surface area contributed by atoms with E-state index in [2.05, 4.69) is 0 Å². The molecule has 0 aliphatic rings. The summed E-state index contributed by atoms with van der Waals surface area (Å²) in [7, 11) is 0. The molecule has 0 radical (unpaired) electrons. The molecular weight excluding hydrogens is 218 g/mol. The Morgan fingerprint density at radius 2 is 2.00 bits per heavy atom. The zero-order chi connectivity index (χ0) is 12.7. The summed E-state index contributed by atoms with van der Waals surface area (Å²) in [6, 6.07) is 3.41. The van der Waals surface area contributed by atoms with Crippen LogP contribution in [0.5, 0.6) is 5.75 Å². The van der Waals surface area contributed by atoms with Crippen LogP contribution < -0.4 is 0 Å². The smallest absolute Gasteiger partial charge is 0.352 e. The standard InChI is InChI=1S/C13H15NO3/c1-4-14-11-7(2)5-6-9(15)10(11)8(3)12(14)13(16)17/h5-6,15H,4H2,1-3H3,(H,16,17). The number of carboxylic acids is 1. The van der Waals surface area contributed by atoms with E-state index < -0.39 is 5.97 Å². The average molecular weight is 233 g/mol. The molecule has 2 N–H and O–H groups in total. The maximum atomic E-state index is 11.3. The molecule has 0 amide bonds. The highest BCUT2D eigenvalue weighted by Crippen LogP contribution is 2.34. The third-order valence-electron chi connectivity index (χ3n) is 3.15. The second kappa shape index (κ2) is 3.80. The van der Waals surface area contributed by atoms with Crippen molar-refractivity contribution in [3.05, 3.63) is 29.0 Å². The van der Waals surface area contributed by atoms with Gasteiger partial charge in [0.1, 0.15) is 11.4 Å². The highest BCUT2D eigenvalue weighted by Gasteiger charge is 2.21. The van der Waals surface area contributed by atoms with Crippen LogP contribution in [0.2, 0.25) is 0 Å². The molecule has 0 bridgehead atoms. The lowest BCUT2D eigenvalue weighted by atomic mass is 10.1. The number of carboxylic acid groups (broad SMARTS) is 1. The summed E-state index contributed by atoms with van der Waals surface area (Å²) >= 11 is 0. The first kappa shape index (κ1) is 11.5. The zero-order valence-corrected chi connectivity index (χ0v) is 10.1. The number of hydrogen-bond donors (Lipinski definition) is 2. The maximum absolute atomic E-state index is 11.3. The number of aryl methyl sites for hydroxylation is 3. The van der Waals surface area contributed by atoms with Gasteiger partial charge >= 0.3 is 5.97 Å². The van der Waals surface area contributed by atoms with Crippen molar-refractivity contribution >= 4 is 16.9 Å². The van der Waals surface area contributed by atoms with Crippen molar-refractivity contribution in [2.45, 2.75) is 27.3 Å². The van der Waals surface area contributed by atoms with E-state index in [1.807, 2.05) is 13.8 Å². The molecule has 0 spiro atoms. The van der Waals surface area contributed by atoms with Crippen LogP contribution in [0.4, 0.5) is 0 Å². The van der Waals surface area contributed by atoms with Gasteiger partial charge in [-0.25, -0.2) is 4.79 Å². The Hall–Kier alpha value is -1.97. The number of hydrogen-bond acceptors (Lipinski definition) is 2. The van der Waals surface area contributed by atoms with Crippen molar-refractivity contribution in [3.63, 3.8) is 0 Å². The molecule has 4 nitrogen and oxygen atoms in total. The lowest BCUT2D eigenvalue weighted by Gasteiger charge is -2.06. The fraction of sp³-hybridized carbons (Fsp3) is 0.308. The first-order chi connectivity index (χ1) is 7.99. The van der Waals surface area contributed by atoms with Gasteiger partial charge in [-0.1, -0.05) is 6.07 Å². The Kier molecular flexibility index (Phi) is 2.58. The normalized spacial score (nSPS) is 11.0. The molecule has 0 atom stereocenters. The number of aromatic hydroxyl groups is 1. The zero-order valence-electron chi connectivity index (χ0n) is 10.1. The number of aromatic carboxylic acids is 1. The number of fused-ring (bicyclic) bond motifs is 1. The quantitative estimate of drug-likeness (QED) is 0.838.